The first kappa shape index (κ1) is 14.7. The molecule has 0 aliphatic heterocycles. The summed E-state index contributed by atoms with van der Waals surface area (Å²) < 4.78 is 0. The zero-order valence-corrected chi connectivity index (χ0v) is 11.5. The van der Waals surface area contributed by atoms with Crippen LogP contribution in [0.3, 0.4) is 0 Å². The van der Waals surface area contributed by atoms with Crippen molar-refractivity contribution in [1.29, 1.82) is 5.26 Å². The first-order chi connectivity index (χ1) is 10.2. The van der Waals surface area contributed by atoms with E-state index in [1.54, 1.807) is 24.3 Å². The number of hydrogen-bond donors (Lipinski definition) is 0. The third-order valence-corrected chi connectivity index (χ3v) is 3.42. The number of aldehydes is 1. The number of nitriles is 1. The fourth-order valence-corrected chi connectivity index (χ4v) is 2.25. The molecule has 3 heteroatoms. The molecule has 0 amide bonds. The predicted molar refractivity (Wildman–Crippen MR) is 80.0 cm³/mol. The van der Waals surface area contributed by atoms with Crippen molar-refractivity contribution in [3.8, 4) is 6.07 Å². The van der Waals surface area contributed by atoms with Crippen molar-refractivity contribution in [1.82, 2.24) is 0 Å². The van der Waals surface area contributed by atoms with Crippen molar-refractivity contribution < 1.29 is 9.59 Å². The van der Waals surface area contributed by atoms with Crippen LogP contribution in [0, 0.1) is 11.3 Å². The summed E-state index contributed by atoms with van der Waals surface area (Å²) in [4.78, 5) is 23.1. The van der Waals surface area contributed by atoms with Crippen molar-refractivity contribution >= 4 is 12.1 Å². The highest BCUT2D eigenvalue weighted by Gasteiger charge is 2.17. The van der Waals surface area contributed by atoms with E-state index in [1.165, 1.54) is 0 Å². The molecule has 0 N–H and O–H groups in total. The minimum atomic E-state index is -0.150. The van der Waals surface area contributed by atoms with Crippen molar-refractivity contribution in [2.75, 3.05) is 0 Å². The topological polar surface area (TPSA) is 57.9 Å². The molecule has 104 valence electrons. The minimum absolute atomic E-state index is 0.0202. The third-order valence-electron chi connectivity index (χ3n) is 3.42. The predicted octanol–water partition coefficient (Wildman–Crippen LogP) is 3.50. The van der Waals surface area contributed by atoms with Crippen molar-refractivity contribution in [3.05, 3.63) is 71.3 Å². The quantitative estimate of drug-likeness (QED) is 0.599. The first-order valence-electron chi connectivity index (χ1n) is 6.76. The average Bonchev–Trinajstić information content (AvgIpc) is 2.55. The maximum absolute atomic E-state index is 12.3. The van der Waals surface area contributed by atoms with Gasteiger partial charge in [0.05, 0.1) is 11.6 Å². The summed E-state index contributed by atoms with van der Waals surface area (Å²) in [7, 11) is 0. The van der Waals surface area contributed by atoms with Crippen LogP contribution in [0.2, 0.25) is 0 Å². The number of carbonyl (C=O) groups excluding carboxylic acids is 2. The van der Waals surface area contributed by atoms with Crippen molar-refractivity contribution in [2.45, 2.75) is 18.8 Å². The molecule has 0 saturated heterocycles. The Kier molecular flexibility index (Phi) is 5.00. The van der Waals surface area contributed by atoms with Crippen LogP contribution in [0.1, 0.15) is 40.2 Å². The van der Waals surface area contributed by atoms with Crippen LogP contribution >= 0.6 is 0 Å². The van der Waals surface area contributed by atoms with Crippen LogP contribution in [-0.4, -0.2) is 12.1 Å². The lowest BCUT2D eigenvalue weighted by molar-refractivity contribution is -0.108. The number of benzene rings is 2. The van der Waals surface area contributed by atoms with E-state index in [1.807, 2.05) is 30.3 Å². The van der Waals surface area contributed by atoms with E-state index in [2.05, 4.69) is 6.07 Å². The maximum Gasteiger partial charge on any atom is 0.163 e. The highest BCUT2D eigenvalue weighted by molar-refractivity contribution is 5.96. The summed E-state index contributed by atoms with van der Waals surface area (Å²) in [6.07, 6.45) is 1.42. The second-order valence-electron chi connectivity index (χ2n) is 4.83. The van der Waals surface area contributed by atoms with Gasteiger partial charge in [0, 0.05) is 18.4 Å². The van der Waals surface area contributed by atoms with E-state index < -0.39 is 0 Å². The molecular weight excluding hydrogens is 262 g/mol. The largest absolute Gasteiger partial charge is 0.303 e. The Morgan fingerprint density at radius 1 is 1.10 bits per heavy atom. The number of rotatable bonds is 6. The smallest absolute Gasteiger partial charge is 0.163 e. The molecule has 0 bridgehead atoms. The van der Waals surface area contributed by atoms with E-state index >= 15 is 0 Å². The van der Waals surface area contributed by atoms with Gasteiger partial charge in [-0.1, -0.05) is 42.5 Å². The molecule has 3 nitrogen and oxygen atoms in total. The summed E-state index contributed by atoms with van der Waals surface area (Å²) in [5.41, 5.74) is 2.13. The van der Waals surface area contributed by atoms with Crippen molar-refractivity contribution in [2.24, 2.45) is 0 Å². The van der Waals surface area contributed by atoms with Crippen LogP contribution < -0.4 is 0 Å². The molecule has 0 saturated carbocycles. The molecule has 2 aromatic rings. The van der Waals surface area contributed by atoms with Gasteiger partial charge < -0.3 is 4.79 Å². The van der Waals surface area contributed by atoms with Gasteiger partial charge in [0.15, 0.2) is 5.78 Å². The van der Waals surface area contributed by atoms with E-state index in [9.17, 15) is 9.59 Å². The standard InChI is InChI=1S/C18H15NO2/c19-13-14-6-8-15(9-7-14)17(10-11-20)12-18(21)16-4-2-1-3-5-16/h1-9,11,17H,10,12H2. The van der Waals surface area contributed by atoms with Gasteiger partial charge in [0.2, 0.25) is 0 Å². The number of Topliss-reactive ketones (excluding diaryl/α,β-unsaturated/α-hetero) is 1. The van der Waals surface area contributed by atoms with Gasteiger partial charge in [0.25, 0.3) is 0 Å². The Labute approximate surface area is 123 Å². The first-order valence-corrected chi connectivity index (χ1v) is 6.76. The van der Waals surface area contributed by atoms with Crippen LogP contribution in [-0.2, 0) is 4.79 Å². The summed E-state index contributed by atoms with van der Waals surface area (Å²) in [6.45, 7) is 0. The normalized spacial score (nSPS) is 11.4. The highest BCUT2D eigenvalue weighted by atomic mass is 16.1. The third kappa shape index (κ3) is 3.87. The monoisotopic (exact) mass is 277 g/mol. The molecule has 0 radical (unpaired) electrons. The Morgan fingerprint density at radius 2 is 1.76 bits per heavy atom. The van der Waals surface area contributed by atoms with Gasteiger partial charge in [0.1, 0.15) is 6.29 Å². The minimum Gasteiger partial charge on any atom is -0.303 e. The SMILES string of the molecule is N#Cc1ccc(C(CC=O)CC(=O)c2ccccc2)cc1. The molecule has 0 spiro atoms. The molecule has 21 heavy (non-hydrogen) atoms. The van der Waals surface area contributed by atoms with E-state index in [4.69, 9.17) is 5.26 Å². The maximum atomic E-state index is 12.3. The van der Waals surface area contributed by atoms with Crippen LogP contribution in [0.5, 0.6) is 0 Å². The molecule has 0 heterocycles. The van der Waals surface area contributed by atoms with Gasteiger partial charge in [-0.3, -0.25) is 4.79 Å². The van der Waals surface area contributed by atoms with Crippen molar-refractivity contribution in [3.63, 3.8) is 0 Å². The molecule has 0 aliphatic carbocycles. The van der Waals surface area contributed by atoms with E-state index in [-0.39, 0.29) is 18.1 Å². The molecule has 2 rings (SSSR count). The lowest BCUT2D eigenvalue weighted by Gasteiger charge is -2.14. The molecule has 0 aliphatic rings. The Morgan fingerprint density at radius 3 is 2.33 bits per heavy atom. The average molecular weight is 277 g/mol. The van der Waals surface area contributed by atoms with Gasteiger partial charge >= 0.3 is 0 Å². The zero-order valence-electron chi connectivity index (χ0n) is 11.5. The highest BCUT2D eigenvalue weighted by Crippen LogP contribution is 2.25. The number of hydrogen-bond acceptors (Lipinski definition) is 3. The number of carbonyl (C=O) groups is 2. The van der Waals surface area contributed by atoms with Crippen LogP contribution in [0.4, 0.5) is 0 Å². The Bertz CT molecular complexity index is 654. The second-order valence-corrected chi connectivity index (χ2v) is 4.83. The van der Waals surface area contributed by atoms with E-state index in [0.717, 1.165) is 11.8 Å². The van der Waals surface area contributed by atoms with Crippen LogP contribution in [0.15, 0.2) is 54.6 Å². The Balaban J connectivity index is 2.17. The van der Waals surface area contributed by atoms with Crippen LogP contribution in [0.25, 0.3) is 0 Å². The summed E-state index contributed by atoms with van der Waals surface area (Å²) in [5.74, 6) is -0.130. The Hall–Kier alpha value is -2.73. The van der Waals surface area contributed by atoms with E-state index in [0.29, 0.717) is 17.5 Å². The fourth-order valence-electron chi connectivity index (χ4n) is 2.25. The lowest BCUT2D eigenvalue weighted by atomic mass is 9.89. The number of ketones is 1. The van der Waals surface area contributed by atoms with Gasteiger partial charge in [-0.15, -0.1) is 0 Å². The molecule has 0 aromatic heterocycles. The molecular formula is C18H15NO2. The van der Waals surface area contributed by atoms with Gasteiger partial charge in [-0.2, -0.15) is 5.26 Å². The summed E-state index contributed by atoms with van der Waals surface area (Å²) in [5, 5.41) is 8.80. The molecule has 1 atom stereocenters. The fraction of sp³-hybridized carbons (Fsp3) is 0.167. The summed E-state index contributed by atoms with van der Waals surface area (Å²) in [6, 6.07) is 18.2. The second kappa shape index (κ2) is 7.16. The number of nitrogens with zero attached hydrogens (tertiary/aromatic N) is 1. The van der Waals surface area contributed by atoms with Gasteiger partial charge in [-0.05, 0) is 23.6 Å². The lowest BCUT2D eigenvalue weighted by Crippen LogP contribution is -2.08. The molecule has 0 fully saturated rings. The zero-order chi connectivity index (χ0) is 15.1. The summed E-state index contributed by atoms with van der Waals surface area (Å²) >= 11 is 0. The van der Waals surface area contributed by atoms with Gasteiger partial charge in [-0.25, -0.2) is 0 Å². The molecule has 2 aromatic carbocycles. The molecule has 1 unspecified atom stereocenters.